The van der Waals surface area contributed by atoms with Crippen molar-refractivity contribution in [2.75, 3.05) is 6.54 Å². The van der Waals surface area contributed by atoms with Gasteiger partial charge in [-0.15, -0.1) is 0 Å². The van der Waals surface area contributed by atoms with E-state index in [2.05, 4.69) is 5.32 Å². The molecule has 0 saturated carbocycles. The Balaban J connectivity index is 2.47. The van der Waals surface area contributed by atoms with Gasteiger partial charge in [0.2, 0.25) is 0 Å². The molecule has 1 aromatic rings. The molecule has 0 bridgehead atoms. The molecule has 1 aromatic carbocycles. The number of nitrogens with one attached hydrogen (secondary N) is 1. The molecular weight excluding hydrogens is 274 g/mol. The van der Waals surface area contributed by atoms with Crippen molar-refractivity contribution in [2.45, 2.75) is 38.8 Å². The highest BCUT2D eigenvalue weighted by atomic mass is 16.6. The quantitative estimate of drug-likeness (QED) is 0.638. The number of nitro groups is 1. The Kier molecular flexibility index (Phi) is 5.66. The second kappa shape index (κ2) is 7.03. The molecule has 7 heteroatoms. The fraction of sp³-hybridized carbons (Fsp3) is 0.500. The Morgan fingerprint density at radius 3 is 2.71 bits per heavy atom. The number of benzene rings is 1. The molecule has 0 radical (unpaired) electrons. The van der Waals surface area contributed by atoms with Gasteiger partial charge in [-0.3, -0.25) is 10.1 Å². The number of amides is 1. The minimum absolute atomic E-state index is 0.0276. The second-order valence-electron chi connectivity index (χ2n) is 5.77. The Bertz CT molecular complexity index is 511. The zero-order valence-electron chi connectivity index (χ0n) is 12.5. The van der Waals surface area contributed by atoms with Crippen LogP contribution in [-0.2, 0) is 11.2 Å². The summed E-state index contributed by atoms with van der Waals surface area (Å²) in [4.78, 5) is 21.7. The highest BCUT2D eigenvalue weighted by Gasteiger charge is 2.16. The first-order valence-corrected chi connectivity index (χ1v) is 6.63. The van der Waals surface area contributed by atoms with Gasteiger partial charge in [-0.1, -0.05) is 12.1 Å². The SMILES string of the molecule is CC(C)(C)OC(=O)NCC(N)Cc1cccc([N+](=O)[O-])c1. The monoisotopic (exact) mass is 295 g/mol. The molecule has 21 heavy (non-hydrogen) atoms. The highest BCUT2D eigenvalue weighted by Crippen LogP contribution is 2.14. The summed E-state index contributed by atoms with van der Waals surface area (Å²) in [7, 11) is 0. The molecule has 0 saturated heterocycles. The molecule has 3 N–H and O–H groups in total. The number of non-ortho nitro benzene ring substituents is 1. The number of hydrogen-bond acceptors (Lipinski definition) is 5. The van der Waals surface area contributed by atoms with Gasteiger partial charge in [0.25, 0.3) is 5.69 Å². The molecule has 0 spiro atoms. The van der Waals surface area contributed by atoms with Crippen molar-refractivity contribution in [2.24, 2.45) is 5.73 Å². The van der Waals surface area contributed by atoms with Gasteiger partial charge in [0.1, 0.15) is 5.60 Å². The number of nitrogens with two attached hydrogens (primary N) is 1. The third-order valence-corrected chi connectivity index (χ3v) is 2.53. The largest absolute Gasteiger partial charge is 0.444 e. The van der Waals surface area contributed by atoms with Crippen molar-refractivity contribution in [1.82, 2.24) is 5.32 Å². The lowest BCUT2D eigenvalue weighted by Gasteiger charge is -2.20. The van der Waals surface area contributed by atoms with E-state index in [1.165, 1.54) is 12.1 Å². The normalized spacial score (nSPS) is 12.6. The van der Waals surface area contributed by atoms with E-state index >= 15 is 0 Å². The topological polar surface area (TPSA) is 107 Å². The van der Waals surface area contributed by atoms with E-state index in [0.717, 1.165) is 5.56 Å². The van der Waals surface area contributed by atoms with Crippen LogP contribution in [0.1, 0.15) is 26.3 Å². The van der Waals surface area contributed by atoms with Gasteiger partial charge in [0.15, 0.2) is 0 Å². The minimum atomic E-state index is -0.561. The van der Waals surface area contributed by atoms with Crippen molar-refractivity contribution >= 4 is 11.8 Å². The van der Waals surface area contributed by atoms with E-state index in [4.69, 9.17) is 10.5 Å². The first-order chi connectivity index (χ1) is 9.67. The molecule has 0 aromatic heterocycles. The maximum atomic E-state index is 11.5. The van der Waals surface area contributed by atoms with Crippen molar-refractivity contribution in [3.63, 3.8) is 0 Å². The molecule has 0 aliphatic rings. The summed E-state index contributed by atoms with van der Waals surface area (Å²) in [5, 5.41) is 13.3. The van der Waals surface area contributed by atoms with Crippen molar-refractivity contribution in [1.29, 1.82) is 0 Å². The fourth-order valence-corrected chi connectivity index (χ4v) is 1.70. The molecule has 0 aliphatic heterocycles. The van der Waals surface area contributed by atoms with E-state index in [1.807, 2.05) is 0 Å². The minimum Gasteiger partial charge on any atom is -0.444 e. The summed E-state index contributed by atoms with van der Waals surface area (Å²) in [6, 6.07) is 5.93. The van der Waals surface area contributed by atoms with Crippen LogP contribution >= 0.6 is 0 Å². The van der Waals surface area contributed by atoms with E-state index < -0.39 is 16.6 Å². The maximum Gasteiger partial charge on any atom is 0.407 e. The molecule has 0 aliphatic carbocycles. The third-order valence-electron chi connectivity index (χ3n) is 2.53. The maximum absolute atomic E-state index is 11.5. The predicted molar refractivity (Wildman–Crippen MR) is 79.0 cm³/mol. The summed E-state index contributed by atoms with van der Waals surface area (Å²) in [5.41, 5.74) is 6.12. The van der Waals surface area contributed by atoms with Gasteiger partial charge in [0, 0.05) is 24.7 Å². The summed E-state index contributed by atoms with van der Waals surface area (Å²) in [5.74, 6) is 0. The predicted octanol–water partition coefficient (Wildman–Crippen LogP) is 1.99. The molecule has 0 fully saturated rings. The average molecular weight is 295 g/mol. The standard InChI is InChI=1S/C14H21N3O4/c1-14(2,3)21-13(18)16-9-11(15)7-10-5-4-6-12(8-10)17(19)20/h4-6,8,11H,7,9,15H2,1-3H3,(H,16,18). The average Bonchev–Trinajstić information content (AvgIpc) is 2.34. The van der Waals surface area contributed by atoms with Crippen LogP contribution in [0.15, 0.2) is 24.3 Å². The molecule has 1 unspecified atom stereocenters. The lowest BCUT2D eigenvalue weighted by Crippen LogP contribution is -2.41. The van der Waals surface area contributed by atoms with Crippen LogP contribution < -0.4 is 11.1 Å². The van der Waals surface area contributed by atoms with Crippen LogP contribution in [0.3, 0.4) is 0 Å². The molecule has 1 atom stereocenters. The third kappa shape index (κ3) is 6.71. The Labute approximate surface area is 123 Å². The van der Waals surface area contributed by atoms with E-state index in [-0.39, 0.29) is 18.3 Å². The van der Waals surface area contributed by atoms with Crippen molar-refractivity contribution in [3.05, 3.63) is 39.9 Å². The number of hydrogen-bond donors (Lipinski definition) is 2. The van der Waals surface area contributed by atoms with Gasteiger partial charge in [-0.05, 0) is 32.8 Å². The lowest BCUT2D eigenvalue weighted by atomic mass is 10.1. The van der Waals surface area contributed by atoms with Crippen LogP contribution in [0, 0.1) is 10.1 Å². The smallest absolute Gasteiger partial charge is 0.407 e. The highest BCUT2D eigenvalue weighted by molar-refractivity contribution is 5.67. The zero-order valence-corrected chi connectivity index (χ0v) is 12.5. The molecule has 1 rings (SSSR count). The van der Waals surface area contributed by atoms with Crippen LogP contribution in [-0.4, -0.2) is 29.2 Å². The number of carbonyl (C=O) groups excluding carboxylic acids is 1. The van der Waals surface area contributed by atoms with Gasteiger partial charge in [0.05, 0.1) is 4.92 Å². The number of alkyl carbamates (subject to hydrolysis) is 1. The van der Waals surface area contributed by atoms with Crippen LogP contribution in [0.2, 0.25) is 0 Å². The van der Waals surface area contributed by atoms with Crippen molar-refractivity contribution in [3.8, 4) is 0 Å². The van der Waals surface area contributed by atoms with Crippen LogP contribution in [0.4, 0.5) is 10.5 Å². The molecule has 1 amide bonds. The Hall–Kier alpha value is -2.15. The number of carbonyl (C=O) groups is 1. The van der Waals surface area contributed by atoms with Crippen LogP contribution in [0.5, 0.6) is 0 Å². The first kappa shape index (κ1) is 16.9. The van der Waals surface area contributed by atoms with E-state index in [1.54, 1.807) is 32.9 Å². The molecular formula is C14H21N3O4. The number of rotatable bonds is 5. The Morgan fingerprint density at radius 1 is 1.48 bits per heavy atom. The number of nitrogens with zero attached hydrogens (tertiary/aromatic N) is 1. The van der Waals surface area contributed by atoms with Gasteiger partial charge < -0.3 is 15.8 Å². The van der Waals surface area contributed by atoms with Gasteiger partial charge >= 0.3 is 6.09 Å². The number of nitro benzene ring substituents is 1. The second-order valence-corrected chi connectivity index (χ2v) is 5.77. The van der Waals surface area contributed by atoms with Gasteiger partial charge in [-0.25, -0.2) is 4.79 Å². The summed E-state index contributed by atoms with van der Waals surface area (Å²) >= 11 is 0. The summed E-state index contributed by atoms with van der Waals surface area (Å²) in [6.07, 6.45) is -0.103. The molecule has 7 nitrogen and oxygen atoms in total. The van der Waals surface area contributed by atoms with Gasteiger partial charge in [-0.2, -0.15) is 0 Å². The number of ether oxygens (including phenoxy) is 1. The zero-order chi connectivity index (χ0) is 16.0. The molecule has 116 valence electrons. The lowest BCUT2D eigenvalue weighted by molar-refractivity contribution is -0.384. The fourth-order valence-electron chi connectivity index (χ4n) is 1.70. The van der Waals surface area contributed by atoms with Crippen molar-refractivity contribution < 1.29 is 14.5 Å². The van der Waals surface area contributed by atoms with E-state index in [0.29, 0.717) is 6.42 Å². The Morgan fingerprint density at radius 2 is 2.14 bits per heavy atom. The van der Waals surface area contributed by atoms with Crippen LogP contribution in [0.25, 0.3) is 0 Å². The van der Waals surface area contributed by atoms with E-state index in [9.17, 15) is 14.9 Å². The first-order valence-electron chi connectivity index (χ1n) is 6.63. The molecule has 0 heterocycles. The summed E-state index contributed by atoms with van der Waals surface area (Å²) in [6.45, 7) is 5.55. The summed E-state index contributed by atoms with van der Waals surface area (Å²) < 4.78 is 5.09.